The topological polar surface area (TPSA) is 165 Å². The van der Waals surface area contributed by atoms with Gasteiger partial charge in [0.2, 0.25) is 11.8 Å². The molecule has 1 aliphatic carbocycles. The van der Waals surface area contributed by atoms with E-state index in [9.17, 15) is 54.7 Å². The number of nitrogens with one attached hydrogen (secondary N) is 3. The van der Waals surface area contributed by atoms with Gasteiger partial charge < -0.3 is 49.3 Å². The molecule has 6 aromatic carbocycles. The average molecular weight is 1360 g/mol. The molecule has 2 atom stereocenters. The smallest absolute Gasteiger partial charge is 0.416 e. The SMILES string of the molecule is COCC(=O)N(C)CCCNC(=O)c1ccc(NCCCCCC(=O)N(C)CCN2CCC(OC(=O)Nc3ccccc3-c3ccccc3)CC2)cc1.C[C@H]1Cc2ccccc2C12CCN(CC[C@@]1(c3ccc(F)cc3)CN(C(=O)c3cc(C(F)(F)F)cc(C(F)(F)F)c3)CO1)CC2. The predicted molar refractivity (Wildman–Crippen MR) is 362 cm³/mol. The molecule has 4 aliphatic rings. The molecule has 0 unspecified atom stereocenters. The summed E-state index contributed by atoms with van der Waals surface area (Å²) in [7, 11) is 5.08. The fourth-order valence-corrected chi connectivity index (χ4v) is 13.6. The van der Waals surface area contributed by atoms with E-state index in [1.165, 1.54) is 42.5 Å². The van der Waals surface area contributed by atoms with Crippen molar-refractivity contribution in [2.75, 3.05) is 117 Å². The number of hydrogen-bond donors (Lipinski definition) is 3. The van der Waals surface area contributed by atoms with Crippen molar-refractivity contribution in [1.29, 1.82) is 0 Å². The average Bonchev–Trinajstić information content (AvgIpc) is 1.58. The molecule has 6 aromatic rings. The van der Waals surface area contributed by atoms with Crippen molar-refractivity contribution >= 4 is 41.1 Å². The molecule has 0 aromatic heterocycles. The molecule has 0 bridgehead atoms. The van der Waals surface area contributed by atoms with E-state index in [1.54, 1.807) is 24.1 Å². The lowest BCUT2D eigenvalue weighted by molar-refractivity contribution is -0.143. The first kappa shape index (κ1) is 73.9. The highest BCUT2D eigenvalue weighted by Crippen LogP contribution is 2.50. The van der Waals surface area contributed by atoms with Gasteiger partial charge in [0.15, 0.2) is 0 Å². The zero-order valence-electron chi connectivity index (χ0n) is 56.1. The fraction of sp³-hybridized carbons (Fsp3) is 0.453. The number of nitrogens with zero attached hydrogens (tertiary/aromatic N) is 5. The van der Waals surface area contributed by atoms with Gasteiger partial charge >= 0.3 is 18.4 Å². The van der Waals surface area contributed by atoms with Crippen LogP contribution in [-0.4, -0.2) is 167 Å². The molecule has 23 heteroatoms. The highest BCUT2D eigenvalue weighted by atomic mass is 19.4. The van der Waals surface area contributed by atoms with Gasteiger partial charge in [0.05, 0.1) is 23.4 Å². The maximum absolute atomic E-state index is 13.9. The first-order valence-corrected chi connectivity index (χ1v) is 33.7. The number of carbonyl (C=O) groups excluding carboxylic acids is 5. The molecule has 1 spiro atoms. The number of fused-ring (bicyclic) bond motifs is 2. The van der Waals surface area contributed by atoms with Gasteiger partial charge in [-0.3, -0.25) is 24.5 Å². The van der Waals surface area contributed by atoms with Gasteiger partial charge in [0.1, 0.15) is 30.9 Å². The second kappa shape index (κ2) is 33.9. The molecule has 3 saturated heterocycles. The summed E-state index contributed by atoms with van der Waals surface area (Å²) >= 11 is 0. The molecule has 3 fully saturated rings. The fourth-order valence-electron chi connectivity index (χ4n) is 13.6. The van der Waals surface area contributed by atoms with Gasteiger partial charge in [-0.25, -0.2) is 9.18 Å². The van der Waals surface area contributed by atoms with E-state index in [2.05, 4.69) is 56.9 Å². The van der Waals surface area contributed by atoms with Crippen LogP contribution < -0.4 is 16.0 Å². The molecule has 10 rings (SSSR count). The number of likely N-dealkylation sites (N-methyl/N-ethyl adjacent to an activating group) is 2. The van der Waals surface area contributed by atoms with Crippen molar-refractivity contribution in [1.82, 2.24) is 29.8 Å². The second-order valence-electron chi connectivity index (χ2n) is 26.1. The molecule has 3 N–H and O–H groups in total. The second-order valence-corrected chi connectivity index (χ2v) is 26.1. The summed E-state index contributed by atoms with van der Waals surface area (Å²) in [4.78, 5) is 72.2. The van der Waals surface area contributed by atoms with E-state index in [1.807, 2.05) is 78.7 Å². The van der Waals surface area contributed by atoms with Gasteiger partial charge in [-0.05, 0) is 160 Å². The third-order valence-corrected chi connectivity index (χ3v) is 19.5. The third kappa shape index (κ3) is 19.7. The van der Waals surface area contributed by atoms with E-state index in [4.69, 9.17) is 14.2 Å². The van der Waals surface area contributed by atoms with Crippen LogP contribution in [0.15, 0.2) is 146 Å². The van der Waals surface area contributed by atoms with E-state index >= 15 is 0 Å². The molecule has 0 radical (unpaired) electrons. The van der Waals surface area contributed by atoms with E-state index in [0.29, 0.717) is 74.6 Å². The Balaban J connectivity index is 0.000000232. The molecule has 3 aliphatic heterocycles. The molecule has 3 heterocycles. The lowest BCUT2D eigenvalue weighted by atomic mass is 9.68. The van der Waals surface area contributed by atoms with Gasteiger partial charge in [-0.2, -0.15) is 26.3 Å². The van der Waals surface area contributed by atoms with E-state index in [0.717, 1.165) is 118 Å². The predicted octanol–water partition coefficient (Wildman–Crippen LogP) is 13.5. The van der Waals surface area contributed by atoms with Crippen LogP contribution in [-0.2, 0) is 53.6 Å². The number of ether oxygens (including phenoxy) is 3. The van der Waals surface area contributed by atoms with Gasteiger partial charge in [-0.15, -0.1) is 0 Å². The third-order valence-electron chi connectivity index (χ3n) is 19.5. The number of carbonyl (C=O) groups is 5. The number of anilines is 2. The van der Waals surface area contributed by atoms with Crippen molar-refractivity contribution in [3.8, 4) is 11.1 Å². The van der Waals surface area contributed by atoms with Crippen LogP contribution in [0.1, 0.15) is 120 Å². The molecule has 526 valence electrons. The Morgan fingerprint density at radius 2 is 1.32 bits per heavy atom. The number of halogens is 7. The van der Waals surface area contributed by atoms with Crippen LogP contribution in [0.4, 0.5) is 46.9 Å². The number of alkyl halides is 6. The Labute approximate surface area is 569 Å². The van der Waals surface area contributed by atoms with Crippen molar-refractivity contribution in [3.05, 3.63) is 190 Å². The quantitative estimate of drug-likeness (QED) is 0.0369. The summed E-state index contributed by atoms with van der Waals surface area (Å²) in [5, 5.41) is 9.21. The van der Waals surface area contributed by atoms with Crippen LogP contribution in [0.25, 0.3) is 11.1 Å². The minimum Gasteiger partial charge on any atom is -0.446 e. The van der Waals surface area contributed by atoms with Crippen LogP contribution >= 0.6 is 0 Å². The molecule has 5 amide bonds. The van der Waals surface area contributed by atoms with Crippen molar-refractivity contribution in [2.45, 2.75) is 107 Å². The highest BCUT2D eigenvalue weighted by molar-refractivity contribution is 5.95. The maximum Gasteiger partial charge on any atom is 0.416 e. The molecule has 16 nitrogen and oxygen atoms in total. The molecule has 0 saturated carbocycles. The Hall–Kier alpha value is -8.38. The Morgan fingerprint density at radius 3 is 2.00 bits per heavy atom. The zero-order chi connectivity index (χ0) is 70.0. The van der Waals surface area contributed by atoms with Gasteiger partial charge in [0, 0.05) is 108 Å². The number of benzene rings is 6. The zero-order valence-corrected chi connectivity index (χ0v) is 56.1. The van der Waals surface area contributed by atoms with Crippen molar-refractivity contribution in [3.63, 3.8) is 0 Å². The summed E-state index contributed by atoms with van der Waals surface area (Å²) < 4.78 is 111. The minimum atomic E-state index is -5.08. The number of rotatable bonds is 25. The maximum atomic E-state index is 13.9. The Kier molecular flexibility index (Phi) is 25.6. The summed E-state index contributed by atoms with van der Waals surface area (Å²) in [6.07, 6.45) is -1.90. The molecular formula is C75H89F7N8O8. The first-order valence-electron chi connectivity index (χ1n) is 33.7. The van der Waals surface area contributed by atoms with Gasteiger partial charge in [-0.1, -0.05) is 98.3 Å². The normalized spacial score (nSPS) is 17.9. The Morgan fingerprint density at radius 1 is 0.673 bits per heavy atom. The number of methoxy groups -OCH3 is 1. The van der Waals surface area contributed by atoms with Crippen LogP contribution in [0.5, 0.6) is 0 Å². The lowest BCUT2D eigenvalue weighted by Gasteiger charge is -2.44. The monoisotopic (exact) mass is 1360 g/mol. The number of para-hydroxylation sites is 1. The summed E-state index contributed by atoms with van der Waals surface area (Å²) in [6.45, 7) is 9.07. The van der Waals surface area contributed by atoms with Gasteiger partial charge in [0.25, 0.3) is 11.8 Å². The van der Waals surface area contributed by atoms with Crippen molar-refractivity contribution < 1.29 is 68.9 Å². The first-order chi connectivity index (χ1) is 46.9. The standard InChI is InChI=1S/C41H56N6O6.C34H33F7N2O2/c1-45(39(49)31-52-3)26-12-25-43-40(50)33-18-20-34(21-19-33)42-24-11-5-8-17-38(48)46(2)29-30-47-27-22-35(23-28-47)53-41(51)44-37-16-10-9-15-36(37)32-13-6-4-7-14-32;1-22-16-23-4-2-3-5-29(23)31(22)10-13-42(14-11-31)15-12-32(25-6-8-28(35)9-7-25)20-43(21-45-32)30(44)24-17-26(33(36,37)38)19-27(18-24)34(39,40)41/h4,6-7,9-10,13-16,18-21,35,42H,5,8,11-12,17,22-31H2,1-3H3,(H,43,50)(H,44,51);2-9,17-19,22H,10-16,20-21H2,1H3/t;22-,32-/m.0/s1. The number of hydrogen-bond acceptors (Lipinski definition) is 11. The number of likely N-dealkylation sites (tertiary alicyclic amines) is 2. The molecule has 98 heavy (non-hydrogen) atoms. The molecular weight excluding hydrogens is 1270 g/mol. The number of piperidine rings is 2. The van der Waals surface area contributed by atoms with Crippen molar-refractivity contribution in [2.24, 2.45) is 5.92 Å². The minimum absolute atomic E-state index is 0.00621. The summed E-state index contributed by atoms with van der Waals surface area (Å²) in [5.74, 6) is -1.04. The lowest BCUT2D eigenvalue weighted by Crippen LogP contribution is -2.46. The van der Waals surface area contributed by atoms with Crippen LogP contribution in [0, 0.1) is 11.7 Å². The largest absolute Gasteiger partial charge is 0.446 e. The summed E-state index contributed by atoms with van der Waals surface area (Å²) in [6, 6.07) is 40.1. The Bertz CT molecular complexity index is 3590. The van der Waals surface area contributed by atoms with Crippen LogP contribution in [0.2, 0.25) is 0 Å². The summed E-state index contributed by atoms with van der Waals surface area (Å²) in [5.41, 5.74) is 2.78. The van der Waals surface area contributed by atoms with E-state index in [-0.39, 0.29) is 55.2 Å². The number of amides is 5. The van der Waals surface area contributed by atoms with E-state index < -0.39 is 52.5 Å². The van der Waals surface area contributed by atoms with Crippen LogP contribution in [0.3, 0.4) is 0 Å². The number of unbranched alkanes of at least 4 members (excludes halogenated alkanes) is 2. The highest BCUT2D eigenvalue weighted by Gasteiger charge is 2.48.